The molecule has 0 aliphatic carbocycles. The maximum Gasteiger partial charge on any atom is 0.274 e. The van der Waals surface area contributed by atoms with Crippen LogP contribution in [0.5, 0.6) is 0 Å². The molecule has 0 unspecified atom stereocenters. The number of aliphatic hydroxyl groups is 1. The van der Waals surface area contributed by atoms with Gasteiger partial charge in [0.25, 0.3) is 5.91 Å². The number of hydrogen-bond donors (Lipinski definition) is 2. The Balaban J connectivity index is 2.17. The van der Waals surface area contributed by atoms with Crippen molar-refractivity contribution in [1.29, 1.82) is 0 Å². The van der Waals surface area contributed by atoms with E-state index >= 15 is 0 Å². The standard InChI is InChI=1S/C12H15N3O3/c1-2-15(5-6-16)12(17)10-8-9(13-14-10)11-4-3-7-18-11/h3-4,7-8,16H,2,5-6H2,1H3,(H,13,14). The van der Waals surface area contributed by atoms with E-state index in [0.29, 0.717) is 30.2 Å². The fraction of sp³-hybridized carbons (Fsp3) is 0.333. The molecule has 1 amide bonds. The van der Waals surface area contributed by atoms with E-state index in [9.17, 15) is 4.79 Å². The number of carbonyl (C=O) groups excluding carboxylic acids is 1. The third kappa shape index (κ3) is 2.43. The number of furan rings is 1. The van der Waals surface area contributed by atoms with E-state index < -0.39 is 0 Å². The van der Waals surface area contributed by atoms with Gasteiger partial charge >= 0.3 is 0 Å². The van der Waals surface area contributed by atoms with E-state index in [1.165, 1.54) is 4.90 Å². The second-order valence-corrected chi connectivity index (χ2v) is 3.75. The minimum atomic E-state index is -0.208. The predicted molar refractivity (Wildman–Crippen MR) is 65.0 cm³/mol. The first-order valence-electron chi connectivity index (χ1n) is 5.75. The van der Waals surface area contributed by atoms with Crippen LogP contribution in [-0.4, -0.2) is 45.8 Å². The number of likely N-dealkylation sites (N-methyl/N-ethyl adjacent to an activating group) is 1. The second kappa shape index (κ2) is 5.50. The summed E-state index contributed by atoms with van der Waals surface area (Å²) in [6.45, 7) is 2.63. The lowest BCUT2D eigenvalue weighted by atomic mass is 10.3. The highest BCUT2D eigenvalue weighted by Gasteiger charge is 2.17. The molecule has 2 aromatic rings. The molecule has 2 rings (SSSR count). The monoisotopic (exact) mass is 249 g/mol. The van der Waals surface area contributed by atoms with Crippen LogP contribution in [0.4, 0.5) is 0 Å². The van der Waals surface area contributed by atoms with Crippen molar-refractivity contribution < 1.29 is 14.3 Å². The number of nitrogens with zero attached hydrogens (tertiary/aromatic N) is 2. The van der Waals surface area contributed by atoms with Crippen LogP contribution < -0.4 is 0 Å². The summed E-state index contributed by atoms with van der Waals surface area (Å²) in [6, 6.07) is 5.19. The molecule has 2 heterocycles. The van der Waals surface area contributed by atoms with E-state index in [2.05, 4.69) is 10.2 Å². The number of aliphatic hydroxyl groups excluding tert-OH is 1. The Hall–Kier alpha value is -2.08. The number of carbonyl (C=O) groups is 1. The molecule has 0 aliphatic rings. The van der Waals surface area contributed by atoms with E-state index in [1.54, 1.807) is 24.5 Å². The zero-order valence-corrected chi connectivity index (χ0v) is 10.1. The summed E-state index contributed by atoms with van der Waals surface area (Å²) >= 11 is 0. The fourth-order valence-electron chi connectivity index (χ4n) is 1.68. The molecule has 0 saturated heterocycles. The van der Waals surface area contributed by atoms with Crippen LogP contribution >= 0.6 is 0 Å². The molecule has 0 saturated carbocycles. The average molecular weight is 249 g/mol. The summed E-state index contributed by atoms with van der Waals surface area (Å²) in [5.74, 6) is 0.423. The van der Waals surface area contributed by atoms with Gasteiger partial charge in [0, 0.05) is 19.2 Å². The number of hydrogen-bond acceptors (Lipinski definition) is 4. The lowest BCUT2D eigenvalue weighted by Gasteiger charge is -2.17. The minimum Gasteiger partial charge on any atom is -0.463 e. The van der Waals surface area contributed by atoms with Crippen molar-refractivity contribution in [2.24, 2.45) is 0 Å². The lowest BCUT2D eigenvalue weighted by Crippen LogP contribution is -2.33. The molecule has 0 aromatic carbocycles. The minimum absolute atomic E-state index is 0.0605. The summed E-state index contributed by atoms with van der Waals surface area (Å²) in [4.78, 5) is 13.6. The Morgan fingerprint density at radius 3 is 3.06 bits per heavy atom. The van der Waals surface area contributed by atoms with Gasteiger partial charge in [-0.15, -0.1) is 0 Å². The van der Waals surface area contributed by atoms with Crippen LogP contribution in [0.1, 0.15) is 17.4 Å². The summed E-state index contributed by atoms with van der Waals surface area (Å²) in [7, 11) is 0. The van der Waals surface area contributed by atoms with Crippen molar-refractivity contribution in [3.05, 3.63) is 30.2 Å². The van der Waals surface area contributed by atoms with Gasteiger partial charge in [-0.1, -0.05) is 0 Å². The van der Waals surface area contributed by atoms with Gasteiger partial charge < -0.3 is 14.4 Å². The van der Waals surface area contributed by atoms with Crippen LogP contribution in [0.15, 0.2) is 28.9 Å². The molecule has 0 fully saturated rings. The maximum atomic E-state index is 12.1. The number of aromatic amines is 1. The molecule has 0 bridgehead atoms. The lowest BCUT2D eigenvalue weighted by molar-refractivity contribution is 0.0726. The average Bonchev–Trinajstić information content (AvgIpc) is 3.04. The Morgan fingerprint density at radius 1 is 1.61 bits per heavy atom. The van der Waals surface area contributed by atoms with Gasteiger partial charge in [-0.2, -0.15) is 5.10 Å². The zero-order valence-electron chi connectivity index (χ0n) is 10.1. The topological polar surface area (TPSA) is 82.4 Å². The highest BCUT2D eigenvalue weighted by molar-refractivity contribution is 5.93. The first-order valence-corrected chi connectivity index (χ1v) is 5.75. The molecule has 18 heavy (non-hydrogen) atoms. The van der Waals surface area contributed by atoms with Gasteiger partial charge in [-0.3, -0.25) is 9.89 Å². The number of aromatic nitrogens is 2. The van der Waals surface area contributed by atoms with Crippen LogP contribution in [0, 0.1) is 0 Å². The smallest absolute Gasteiger partial charge is 0.274 e. The number of H-pyrrole nitrogens is 1. The van der Waals surface area contributed by atoms with Crippen LogP contribution in [0.3, 0.4) is 0 Å². The Kier molecular flexibility index (Phi) is 3.78. The fourth-order valence-corrected chi connectivity index (χ4v) is 1.68. The Labute approximate surface area is 104 Å². The summed E-state index contributed by atoms with van der Waals surface area (Å²) in [5.41, 5.74) is 0.972. The molecule has 96 valence electrons. The number of nitrogens with one attached hydrogen (secondary N) is 1. The zero-order chi connectivity index (χ0) is 13.0. The van der Waals surface area contributed by atoms with Gasteiger partial charge in [-0.05, 0) is 19.1 Å². The normalized spacial score (nSPS) is 10.6. The molecule has 0 atom stereocenters. The van der Waals surface area contributed by atoms with Crippen molar-refractivity contribution in [2.75, 3.05) is 19.7 Å². The molecular formula is C12H15N3O3. The largest absolute Gasteiger partial charge is 0.463 e. The highest BCUT2D eigenvalue weighted by Crippen LogP contribution is 2.18. The van der Waals surface area contributed by atoms with E-state index in [-0.39, 0.29) is 12.5 Å². The van der Waals surface area contributed by atoms with Gasteiger partial charge in [0.15, 0.2) is 11.5 Å². The van der Waals surface area contributed by atoms with Crippen molar-refractivity contribution >= 4 is 5.91 Å². The van der Waals surface area contributed by atoms with Crippen LogP contribution in [-0.2, 0) is 0 Å². The molecule has 6 nitrogen and oxygen atoms in total. The molecule has 0 spiro atoms. The molecule has 6 heteroatoms. The quantitative estimate of drug-likeness (QED) is 0.832. The van der Waals surface area contributed by atoms with Crippen LogP contribution in [0.2, 0.25) is 0 Å². The molecule has 0 radical (unpaired) electrons. The van der Waals surface area contributed by atoms with Crippen molar-refractivity contribution in [3.8, 4) is 11.5 Å². The second-order valence-electron chi connectivity index (χ2n) is 3.75. The van der Waals surface area contributed by atoms with E-state index in [1.807, 2.05) is 6.92 Å². The Bertz CT molecular complexity index is 504. The number of rotatable bonds is 5. The van der Waals surface area contributed by atoms with Gasteiger partial charge in [0.2, 0.25) is 0 Å². The summed E-state index contributed by atoms with van der Waals surface area (Å²) in [5, 5.41) is 15.6. The predicted octanol–water partition coefficient (Wildman–Crippen LogP) is 1.12. The molecular weight excluding hydrogens is 234 g/mol. The Morgan fingerprint density at radius 2 is 2.44 bits per heavy atom. The molecule has 2 aromatic heterocycles. The van der Waals surface area contributed by atoms with E-state index in [0.717, 1.165) is 0 Å². The van der Waals surface area contributed by atoms with Gasteiger partial charge in [0.05, 0.1) is 12.9 Å². The van der Waals surface area contributed by atoms with Crippen LogP contribution in [0.25, 0.3) is 11.5 Å². The molecule has 0 aliphatic heterocycles. The van der Waals surface area contributed by atoms with E-state index in [4.69, 9.17) is 9.52 Å². The highest BCUT2D eigenvalue weighted by atomic mass is 16.3. The maximum absolute atomic E-state index is 12.1. The third-order valence-electron chi connectivity index (χ3n) is 2.62. The number of amides is 1. The molecule has 2 N–H and O–H groups in total. The van der Waals surface area contributed by atoms with Crippen molar-refractivity contribution in [1.82, 2.24) is 15.1 Å². The summed E-state index contributed by atoms with van der Waals surface area (Å²) < 4.78 is 5.21. The SMILES string of the molecule is CCN(CCO)C(=O)c1cc(-c2ccco2)[nH]n1. The first kappa shape index (κ1) is 12.4. The third-order valence-corrected chi connectivity index (χ3v) is 2.62. The van der Waals surface area contributed by atoms with Crippen molar-refractivity contribution in [2.45, 2.75) is 6.92 Å². The van der Waals surface area contributed by atoms with Gasteiger partial charge in [-0.25, -0.2) is 0 Å². The summed E-state index contributed by atoms with van der Waals surface area (Å²) in [6.07, 6.45) is 1.56. The van der Waals surface area contributed by atoms with Crippen molar-refractivity contribution in [3.63, 3.8) is 0 Å². The van der Waals surface area contributed by atoms with Gasteiger partial charge in [0.1, 0.15) is 5.69 Å². The first-order chi connectivity index (χ1) is 8.76.